The number of nitrogens with zero attached hydrogens (tertiary/aromatic N) is 2. The van der Waals surface area contributed by atoms with Gasteiger partial charge in [-0.1, -0.05) is 58.4 Å². The summed E-state index contributed by atoms with van der Waals surface area (Å²) < 4.78 is 1.11. The first-order valence-corrected chi connectivity index (χ1v) is 11.1. The number of thiazole rings is 1. The van der Waals surface area contributed by atoms with Crippen molar-refractivity contribution in [2.24, 2.45) is 0 Å². The van der Waals surface area contributed by atoms with E-state index in [2.05, 4.69) is 85.7 Å². The molecule has 1 N–H and O–H groups in total. The van der Waals surface area contributed by atoms with Crippen LogP contribution >= 0.6 is 27.3 Å². The number of likely N-dealkylation sites (tertiary alicyclic amines) is 1. The fourth-order valence-corrected chi connectivity index (χ4v) is 4.65. The summed E-state index contributed by atoms with van der Waals surface area (Å²) in [6.45, 7) is 4.25. The summed E-state index contributed by atoms with van der Waals surface area (Å²) in [5, 5.41) is 4.88. The second-order valence-corrected chi connectivity index (χ2v) is 9.07. The number of benzene rings is 2. The van der Waals surface area contributed by atoms with E-state index in [-0.39, 0.29) is 0 Å². The SMILES string of the molecule is Brc1ccc(-c2cnc(CNC3CCN(Cc4ccccc4)CC3)s2)cc1. The van der Waals surface area contributed by atoms with E-state index in [9.17, 15) is 0 Å². The van der Waals surface area contributed by atoms with Gasteiger partial charge in [-0.25, -0.2) is 4.98 Å². The average molecular weight is 442 g/mol. The lowest BCUT2D eigenvalue weighted by atomic mass is 10.0. The van der Waals surface area contributed by atoms with E-state index >= 15 is 0 Å². The fourth-order valence-electron chi connectivity index (χ4n) is 3.51. The van der Waals surface area contributed by atoms with Crippen LogP contribution in [0.3, 0.4) is 0 Å². The van der Waals surface area contributed by atoms with Gasteiger partial charge in [0.2, 0.25) is 0 Å². The van der Waals surface area contributed by atoms with Gasteiger partial charge >= 0.3 is 0 Å². The highest BCUT2D eigenvalue weighted by atomic mass is 79.9. The van der Waals surface area contributed by atoms with Crippen molar-refractivity contribution in [3.8, 4) is 10.4 Å². The van der Waals surface area contributed by atoms with Crippen molar-refractivity contribution in [3.63, 3.8) is 0 Å². The van der Waals surface area contributed by atoms with Crippen molar-refractivity contribution in [3.05, 3.63) is 75.8 Å². The van der Waals surface area contributed by atoms with Crippen LogP contribution in [0.5, 0.6) is 0 Å². The summed E-state index contributed by atoms with van der Waals surface area (Å²) in [5.41, 5.74) is 2.64. The molecule has 5 heteroatoms. The molecule has 0 aliphatic carbocycles. The number of hydrogen-bond donors (Lipinski definition) is 1. The first-order chi connectivity index (χ1) is 13.3. The molecule has 27 heavy (non-hydrogen) atoms. The molecular formula is C22H24BrN3S. The molecule has 0 amide bonds. The van der Waals surface area contributed by atoms with E-state index in [1.165, 1.54) is 33.9 Å². The first-order valence-electron chi connectivity index (χ1n) is 9.46. The van der Waals surface area contributed by atoms with Gasteiger partial charge in [-0.2, -0.15) is 0 Å². The molecule has 0 radical (unpaired) electrons. The standard InChI is InChI=1S/C22H24BrN3S/c23-19-8-6-18(7-9-19)21-14-25-22(27-21)15-24-20-10-12-26(13-11-20)16-17-4-2-1-3-5-17/h1-9,14,20,24H,10-13,15-16H2. The molecule has 1 aromatic heterocycles. The maximum Gasteiger partial charge on any atom is 0.107 e. The molecule has 0 unspecified atom stereocenters. The van der Waals surface area contributed by atoms with Crippen molar-refractivity contribution < 1.29 is 0 Å². The zero-order chi connectivity index (χ0) is 18.5. The lowest BCUT2D eigenvalue weighted by Crippen LogP contribution is -2.41. The number of aromatic nitrogens is 1. The molecule has 4 rings (SSSR count). The highest BCUT2D eigenvalue weighted by molar-refractivity contribution is 9.10. The zero-order valence-corrected chi connectivity index (χ0v) is 17.7. The van der Waals surface area contributed by atoms with Crippen LogP contribution in [0, 0.1) is 0 Å². The Morgan fingerprint density at radius 1 is 1.04 bits per heavy atom. The summed E-state index contributed by atoms with van der Waals surface area (Å²) in [6, 6.07) is 19.8. The molecule has 1 aliphatic rings. The zero-order valence-electron chi connectivity index (χ0n) is 15.3. The Kier molecular flexibility index (Phi) is 6.35. The maximum absolute atomic E-state index is 4.60. The Balaban J connectivity index is 1.24. The lowest BCUT2D eigenvalue weighted by Gasteiger charge is -2.32. The van der Waals surface area contributed by atoms with Crippen molar-refractivity contribution in [1.29, 1.82) is 0 Å². The van der Waals surface area contributed by atoms with Gasteiger partial charge in [-0.15, -0.1) is 11.3 Å². The average Bonchev–Trinajstić information content (AvgIpc) is 3.18. The van der Waals surface area contributed by atoms with Gasteiger partial charge < -0.3 is 5.32 Å². The Labute approximate surface area is 173 Å². The summed E-state index contributed by atoms with van der Waals surface area (Å²) in [4.78, 5) is 8.40. The van der Waals surface area contributed by atoms with Crippen LogP contribution in [-0.2, 0) is 13.1 Å². The second kappa shape index (κ2) is 9.11. The van der Waals surface area contributed by atoms with Crippen molar-refractivity contribution >= 4 is 27.3 Å². The third-order valence-corrected chi connectivity index (χ3v) is 6.64. The molecule has 2 aromatic carbocycles. The number of rotatable bonds is 6. The predicted octanol–water partition coefficient (Wildman–Crippen LogP) is 5.33. The smallest absolute Gasteiger partial charge is 0.107 e. The molecule has 0 atom stereocenters. The number of piperidine rings is 1. The fraction of sp³-hybridized carbons (Fsp3) is 0.318. The molecule has 1 aliphatic heterocycles. The van der Waals surface area contributed by atoms with Gasteiger partial charge in [-0.05, 0) is 49.2 Å². The van der Waals surface area contributed by atoms with E-state index in [0.717, 1.165) is 30.7 Å². The van der Waals surface area contributed by atoms with E-state index in [1.54, 1.807) is 11.3 Å². The van der Waals surface area contributed by atoms with Crippen molar-refractivity contribution in [1.82, 2.24) is 15.2 Å². The largest absolute Gasteiger partial charge is 0.308 e. The molecule has 1 saturated heterocycles. The summed E-state index contributed by atoms with van der Waals surface area (Å²) in [5.74, 6) is 0. The highest BCUT2D eigenvalue weighted by Crippen LogP contribution is 2.27. The molecule has 140 valence electrons. The minimum Gasteiger partial charge on any atom is -0.308 e. The van der Waals surface area contributed by atoms with E-state index in [1.807, 2.05) is 6.20 Å². The van der Waals surface area contributed by atoms with Crippen LogP contribution in [0.4, 0.5) is 0 Å². The van der Waals surface area contributed by atoms with Gasteiger partial charge in [-0.3, -0.25) is 4.90 Å². The molecule has 3 nitrogen and oxygen atoms in total. The molecular weight excluding hydrogens is 418 g/mol. The van der Waals surface area contributed by atoms with Crippen LogP contribution < -0.4 is 5.32 Å². The summed E-state index contributed by atoms with van der Waals surface area (Å²) in [7, 11) is 0. The Morgan fingerprint density at radius 2 is 1.78 bits per heavy atom. The van der Waals surface area contributed by atoms with Gasteiger partial charge in [0, 0.05) is 29.8 Å². The Hall–Kier alpha value is -1.53. The Bertz CT molecular complexity index is 840. The monoisotopic (exact) mass is 441 g/mol. The summed E-state index contributed by atoms with van der Waals surface area (Å²) in [6.07, 6.45) is 4.41. The van der Waals surface area contributed by atoms with Crippen LogP contribution in [0.25, 0.3) is 10.4 Å². The van der Waals surface area contributed by atoms with E-state index in [4.69, 9.17) is 0 Å². The summed E-state index contributed by atoms with van der Waals surface area (Å²) >= 11 is 5.27. The predicted molar refractivity (Wildman–Crippen MR) is 117 cm³/mol. The van der Waals surface area contributed by atoms with Crippen molar-refractivity contribution in [2.75, 3.05) is 13.1 Å². The number of hydrogen-bond acceptors (Lipinski definition) is 4. The molecule has 2 heterocycles. The first kappa shape index (κ1) is 18.8. The third kappa shape index (κ3) is 5.26. The van der Waals surface area contributed by atoms with E-state index in [0.29, 0.717) is 6.04 Å². The molecule has 1 fully saturated rings. The van der Waals surface area contributed by atoms with Gasteiger partial charge in [0.25, 0.3) is 0 Å². The molecule has 3 aromatic rings. The molecule has 0 spiro atoms. The highest BCUT2D eigenvalue weighted by Gasteiger charge is 2.19. The Morgan fingerprint density at radius 3 is 2.52 bits per heavy atom. The lowest BCUT2D eigenvalue weighted by molar-refractivity contribution is 0.190. The topological polar surface area (TPSA) is 28.2 Å². The van der Waals surface area contributed by atoms with E-state index < -0.39 is 0 Å². The third-order valence-electron chi connectivity index (χ3n) is 5.06. The quantitative estimate of drug-likeness (QED) is 0.560. The van der Waals surface area contributed by atoms with Crippen LogP contribution in [0.2, 0.25) is 0 Å². The molecule has 0 bridgehead atoms. The molecule has 0 saturated carbocycles. The van der Waals surface area contributed by atoms with Crippen molar-refractivity contribution in [2.45, 2.75) is 32.0 Å². The maximum atomic E-state index is 4.60. The van der Waals surface area contributed by atoms with Gasteiger partial charge in [0.15, 0.2) is 0 Å². The van der Waals surface area contributed by atoms with Crippen LogP contribution in [-0.4, -0.2) is 29.0 Å². The minimum absolute atomic E-state index is 0.594. The van der Waals surface area contributed by atoms with Gasteiger partial charge in [0.05, 0.1) is 4.88 Å². The van der Waals surface area contributed by atoms with Crippen LogP contribution in [0.15, 0.2) is 65.3 Å². The van der Waals surface area contributed by atoms with Crippen LogP contribution in [0.1, 0.15) is 23.4 Å². The number of nitrogens with one attached hydrogen (secondary N) is 1. The normalized spacial score (nSPS) is 15.9. The minimum atomic E-state index is 0.594. The number of halogens is 1. The van der Waals surface area contributed by atoms with Gasteiger partial charge in [0.1, 0.15) is 5.01 Å². The second-order valence-electron chi connectivity index (χ2n) is 7.04.